The summed E-state index contributed by atoms with van der Waals surface area (Å²) in [6.07, 6.45) is 2.86. The van der Waals surface area contributed by atoms with Gasteiger partial charge in [-0.15, -0.1) is 0 Å². The number of aromatic nitrogens is 1. The number of primary amides is 2. The first kappa shape index (κ1) is 115. The number of carbonyl (C=O) groups is 20. The number of nitrogens with zero attached hydrogens (tertiary/aromatic N) is 1. The van der Waals surface area contributed by atoms with Gasteiger partial charge in [-0.05, 0) is 173 Å². The number of aliphatic hydroxyl groups excluding tert-OH is 1. The van der Waals surface area contributed by atoms with Crippen molar-refractivity contribution in [2.75, 3.05) is 20.1 Å². The van der Waals surface area contributed by atoms with Crippen molar-refractivity contribution < 1.29 is 111 Å². The molecule has 42 heteroatoms. The van der Waals surface area contributed by atoms with Gasteiger partial charge in [-0.1, -0.05) is 120 Å². The lowest BCUT2D eigenvalue weighted by Crippen LogP contribution is -2.65. The zero-order valence-corrected chi connectivity index (χ0v) is 81.3. The number of nitrogens with two attached hydrogens (primary N) is 2. The lowest BCUT2D eigenvalue weighted by molar-refractivity contribution is -0.140. The van der Waals surface area contributed by atoms with E-state index >= 15 is 28.8 Å². The number of carboxylic acids is 1. The molecular formula is C96H141N19O23. The highest BCUT2D eigenvalue weighted by Gasteiger charge is 2.44. The quantitative estimate of drug-likeness (QED) is 0.0158. The molecule has 5 rings (SSSR count). The second-order valence-electron chi connectivity index (χ2n) is 36.9. The number of aliphatic carboxylic acids is 1. The van der Waals surface area contributed by atoms with Crippen LogP contribution in [0.1, 0.15) is 210 Å². The average molecular weight is 1930 g/mol. The average Bonchev–Trinajstić information content (AvgIpc) is 1.50. The molecule has 0 spiro atoms. The van der Waals surface area contributed by atoms with Gasteiger partial charge < -0.3 is 106 Å². The largest absolute Gasteiger partial charge is 0.508 e. The number of nitrogens with one attached hydrogen (secondary N) is 16. The highest BCUT2D eigenvalue weighted by atomic mass is 16.4. The number of Topliss-reactive ketones (excluding diaryl/α,β-unsaturated/α-hetero) is 4. The Hall–Kier alpha value is -13.2. The molecule has 0 bridgehead atoms. The molecule has 2 heterocycles. The lowest BCUT2D eigenvalue weighted by atomic mass is 9.89. The lowest BCUT2D eigenvalue weighted by Gasteiger charge is -2.34. The first-order valence-electron chi connectivity index (χ1n) is 46.6. The highest BCUT2D eigenvalue weighted by Crippen LogP contribution is 2.25. The van der Waals surface area contributed by atoms with Gasteiger partial charge in [0.1, 0.15) is 71.2 Å². The number of carboxylic acid groups (broad SMARTS) is 1. The van der Waals surface area contributed by atoms with Gasteiger partial charge in [-0.3, -0.25) is 95.9 Å². The third-order valence-corrected chi connectivity index (χ3v) is 23.4. The molecule has 4 aromatic rings. The Bertz CT molecular complexity index is 4970. The van der Waals surface area contributed by atoms with E-state index in [-0.39, 0.29) is 82.0 Å². The van der Waals surface area contributed by atoms with Crippen LogP contribution in [0.4, 0.5) is 0 Å². The predicted octanol–water partition coefficient (Wildman–Crippen LogP) is -0.0516. The van der Waals surface area contributed by atoms with Crippen LogP contribution < -0.4 is 91.3 Å². The standard InChI is InChI=1S/C96H141N19O23/c1-52(2)44-65-50-100-69(38-40-75(97)119)82(126)80(124)55(6)102-88(132)74(48-64-49-99-68-33-27-26-32-67(64)68)108-89(133)72(47-63-34-36-66(118)37-35-63)107-87(131)70(39-41-77(121)122)110-94(138)96(14,113-91(135)73(46-62-30-24-23-25-31-62)109-92(136)78(60(11)116)111-90(134)71(45-53(3)4)106-61(12)117)43-29-22-20-18-16-17-19-21-28-42-95(13,112-86(65)130)93(137)105-59(10)85(129)104-58(9)84(128)103-57(8)83(127)101-54(5)79(123)81(125)56(7)114-115(15)51-76(98)120/h17,19,23-27,30-37,49,52-60,65,69-74,78,99-100,114,116,118H,16,18,20-22,28-29,38-48,50-51H2,1-15H3,(H2,97,119)(H2,98,120)(H,101,127)(H,102,132)(H,103,128)(H,104,129)(H,105,137)(H,106,117)(H,107,131)(H,108,133)(H,109,136)(H,110,138)(H,111,134)(H,112,130)(H,113,135)(H,121,122)/b19-17+/t54-,55?,56-,57?,58-,59?,60+,65+,69-,70-,71-,72?,73-,74-,78-,95-,96-/m0/s1. The molecule has 0 radical (unpaired) electrons. The van der Waals surface area contributed by atoms with Crippen LogP contribution in [0.3, 0.4) is 0 Å². The Morgan fingerprint density at radius 2 is 1.09 bits per heavy atom. The molecule has 1 aromatic heterocycles. The summed E-state index contributed by atoms with van der Waals surface area (Å²) < 4.78 is 0. The fourth-order valence-corrected chi connectivity index (χ4v) is 15.5. The zero-order chi connectivity index (χ0) is 103. The number of para-hydroxylation sites is 1. The van der Waals surface area contributed by atoms with Crippen molar-refractivity contribution in [3.63, 3.8) is 0 Å². The fraction of sp³-hybridized carbons (Fsp3) is 0.562. The van der Waals surface area contributed by atoms with Crippen molar-refractivity contribution in [2.45, 2.75) is 308 Å². The number of phenols is 1. The number of H-pyrrole nitrogens is 1. The number of hydrogen-bond donors (Lipinski definition) is 21. The van der Waals surface area contributed by atoms with Gasteiger partial charge in [-0.2, -0.15) is 0 Å². The summed E-state index contributed by atoms with van der Waals surface area (Å²) in [4.78, 5) is 283. The fourth-order valence-electron chi connectivity index (χ4n) is 15.5. The Labute approximate surface area is 803 Å². The molecule has 4 unspecified atom stereocenters. The van der Waals surface area contributed by atoms with Gasteiger partial charge in [-0.25, -0.2) is 10.4 Å². The molecule has 758 valence electrons. The third kappa shape index (κ3) is 38.4. The van der Waals surface area contributed by atoms with Gasteiger partial charge in [0.05, 0.1) is 42.7 Å². The number of phenolic OH excluding ortho intramolecular Hbond substituents is 1. The number of aromatic amines is 1. The van der Waals surface area contributed by atoms with Gasteiger partial charge in [0.15, 0.2) is 0 Å². The van der Waals surface area contributed by atoms with Gasteiger partial charge >= 0.3 is 5.97 Å². The van der Waals surface area contributed by atoms with Crippen LogP contribution in [0.15, 0.2) is 97.2 Å². The van der Waals surface area contributed by atoms with Gasteiger partial charge in [0.25, 0.3) is 0 Å². The minimum absolute atomic E-state index is 0.0819. The van der Waals surface area contributed by atoms with Crippen molar-refractivity contribution in [1.82, 2.24) is 89.9 Å². The third-order valence-electron chi connectivity index (χ3n) is 23.4. The van der Waals surface area contributed by atoms with E-state index in [1.54, 1.807) is 88.5 Å². The van der Waals surface area contributed by atoms with E-state index in [1.807, 2.05) is 12.2 Å². The number of likely N-dealkylation sites (N-methyl/N-ethyl adjacent to an activating group) is 1. The second-order valence-corrected chi connectivity index (χ2v) is 36.9. The molecule has 23 N–H and O–H groups in total. The monoisotopic (exact) mass is 1930 g/mol. The maximum atomic E-state index is 15.6. The summed E-state index contributed by atoms with van der Waals surface area (Å²) in [5.41, 5.74) is 11.4. The number of carbonyl (C=O) groups excluding carboxylic acids is 19. The van der Waals surface area contributed by atoms with Crippen LogP contribution in [-0.4, -0.2) is 259 Å². The maximum absolute atomic E-state index is 15.6. The van der Waals surface area contributed by atoms with Crippen LogP contribution in [-0.2, 0) is 115 Å². The molecule has 15 amide bonds. The van der Waals surface area contributed by atoms with E-state index in [2.05, 4.69) is 84.8 Å². The number of fused-ring (bicyclic) bond motifs is 1. The summed E-state index contributed by atoms with van der Waals surface area (Å²) in [7, 11) is 1.42. The van der Waals surface area contributed by atoms with Crippen molar-refractivity contribution in [2.24, 2.45) is 29.2 Å². The smallest absolute Gasteiger partial charge is 0.303 e. The van der Waals surface area contributed by atoms with Crippen LogP contribution in [0, 0.1) is 17.8 Å². The first-order chi connectivity index (χ1) is 64.8. The molecule has 138 heavy (non-hydrogen) atoms. The number of benzene rings is 3. The van der Waals surface area contributed by atoms with Gasteiger partial charge in [0, 0.05) is 69.7 Å². The molecule has 17 atom stereocenters. The summed E-state index contributed by atoms with van der Waals surface area (Å²) in [5.74, 6) is -21.1. The number of amides is 15. The number of allylic oxidation sites excluding steroid dienone is 2. The maximum Gasteiger partial charge on any atom is 0.303 e. The van der Waals surface area contributed by atoms with E-state index in [0.717, 1.165) is 0 Å². The minimum atomic E-state index is -2.08. The predicted molar refractivity (Wildman–Crippen MR) is 509 cm³/mol. The number of aliphatic hydroxyl groups is 1. The molecule has 1 aliphatic heterocycles. The molecule has 42 nitrogen and oxygen atoms in total. The Morgan fingerprint density at radius 3 is 1.67 bits per heavy atom. The molecular weight excluding hydrogens is 1790 g/mol. The topological polar surface area (TPSA) is 654 Å². The molecule has 0 saturated carbocycles. The number of aromatic hydroxyl groups is 1. The van der Waals surface area contributed by atoms with Crippen molar-refractivity contribution >= 4 is 129 Å². The van der Waals surface area contributed by atoms with Crippen LogP contribution in [0.2, 0.25) is 0 Å². The number of hydrazine groups is 1. The van der Waals surface area contributed by atoms with Crippen molar-refractivity contribution in [3.8, 4) is 5.75 Å². The molecule has 0 aliphatic carbocycles. The van der Waals surface area contributed by atoms with Crippen LogP contribution in [0.25, 0.3) is 10.9 Å². The Balaban J connectivity index is 1.59. The number of hydrogen-bond acceptors (Lipinski definition) is 25. The summed E-state index contributed by atoms with van der Waals surface area (Å²) in [5, 5.41) is 70.3. The van der Waals surface area contributed by atoms with Gasteiger partial charge in [0.2, 0.25) is 112 Å². The molecule has 0 fully saturated rings. The van der Waals surface area contributed by atoms with E-state index in [9.17, 15) is 82.4 Å². The second kappa shape index (κ2) is 55.9. The van der Waals surface area contributed by atoms with Crippen molar-refractivity contribution in [3.05, 3.63) is 114 Å². The van der Waals surface area contributed by atoms with E-state index in [1.165, 1.54) is 106 Å². The first-order valence-corrected chi connectivity index (χ1v) is 46.6. The van der Waals surface area contributed by atoms with Crippen molar-refractivity contribution in [1.29, 1.82) is 0 Å². The molecule has 0 saturated heterocycles. The van der Waals surface area contributed by atoms with Crippen LogP contribution >= 0.6 is 0 Å². The summed E-state index contributed by atoms with van der Waals surface area (Å²) in [6.45, 7) is 19.4. The van der Waals surface area contributed by atoms with E-state index in [4.69, 9.17) is 11.5 Å². The van der Waals surface area contributed by atoms with Crippen LogP contribution in [0.5, 0.6) is 5.75 Å². The Kier molecular flexibility index (Phi) is 46.7. The number of ketones is 4. The Morgan fingerprint density at radius 1 is 0.529 bits per heavy atom. The van der Waals surface area contributed by atoms with E-state index < -0.39 is 251 Å². The molecule has 3 aromatic carbocycles. The molecule has 1 aliphatic rings. The van der Waals surface area contributed by atoms with E-state index in [0.29, 0.717) is 59.7 Å². The SMILES string of the molecule is CC(=O)N[C@@H](CC(C)C)C(=O)N[C@H](C(=O)N[C@@H](Cc1ccccc1)C(=O)N[C@@]1(C)CCCCCC/C=C/CCC[C@@](C)(C(=O)NC(C)C(=O)N[C@@H](C)C(=O)NC(C)C(=O)N[C@@H](C)C(=O)C(=O)[C@H](C)NN(C)CC(N)=O)NC(=O)[C@H](CC(C)C)CN[C@@H](CCC(N)=O)C(=O)C(=O)C(C)NC(=O)[C@H](Cc2c[nH]c3ccccc23)NC(=O)C(Cc2ccc(O)cc2)NC(=O)[C@H](CCC(=O)O)NC1=O)[C@@H](C)O. The summed E-state index contributed by atoms with van der Waals surface area (Å²) >= 11 is 0. The summed E-state index contributed by atoms with van der Waals surface area (Å²) in [6, 6.07) is 0.971. The number of rotatable bonds is 39. The highest BCUT2D eigenvalue weighted by molar-refractivity contribution is 6.41. The zero-order valence-electron chi connectivity index (χ0n) is 81.3. The normalized spacial score (nSPS) is 21.8. The minimum Gasteiger partial charge on any atom is -0.508 e.